The van der Waals surface area contributed by atoms with Crippen LogP contribution in [0.4, 0.5) is 17.1 Å². The highest BCUT2D eigenvalue weighted by Crippen LogP contribution is 2.46. The van der Waals surface area contributed by atoms with Gasteiger partial charge in [0.2, 0.25) is 0 Å². The second-order valence-corrected chi connectivity index (χ2v) is 14.5. The van der Waals surface area contributed by atoms with Crippen molar-refractivity contribution in [3.8, 4) is 16.8 Å². The average Bonchev–Trinajstić information content (AvgIpc) is 3.63. The number of hydrogen-bond acceptors (Lipinski definition) is 1. The molecule has 1 aromatic heterocycles. The van der Waals surface area contributed by atoms with Gasteiger partial charge in [-0.25, -0.2) is 0 Å². The van der Waals surface area contributed by atoms with Crippen molar-refractivity contribution < 1.29 is 0 Å². The van der Waals surface area contributed by atoms with Crippen LogP contribution in [0.3, 0.4) is 0 Å². The third kappa shape index (κ3) is 6.00. The molecule has 10 aromatic rings. The molecule has 2 heteroatoms. The number of aromatic nitrogens is 1. The number of nitrogens with zero attached hydrogens (tertiary/aromatic N) is 2. The van der Waals surface area contributed by atoms with E-state index in [4.69, 9.17) is 0 Å². The molecule has 0 amide bonds. The van der Waals surface area contributed by atoms with E-state index in [-0.39, 0.29) is 0 Å². The Labute approximate surface area is 334 Å². The summed E-state index contributed by atoms with van der Waals surface area (Å²) in [7, 11) is 0. The quantitative estimate of drug-likeness (QED) is 0.134. The van der Waals surface area contributed by atoms with Crippen LogP contribution in [0.15, 0.2) is 243 Å². The molecule has 0 saturated carbocycles. The Hall–Kier alpha value is -7.42. The summed E-state index contributed by atoms with van der Waals surface area (Å²) in [5.74, 6) is 0. The first-order valence-corrected chi connectivity index (χ1v) is 19.6. The number of benzene rings is 9. The zero-order chi connectivity index (χ0) is 38.0. The summed E-state index contributed by atoms with van der Waals surface area (Å²) in [6.07, 6.45) is 0. The molecule has 0 aliphatic carbocycles. The third-order valence-electron chi connectivity index (χ3n) is 11.3. The molecule has 0 radical (unpaired) electrons. The van der Waals surface area contributed by atoms with Gasteiger partial charge in [0.05, 0.1) is 16.4 Å². The van der Waals surface area contributed by atoms with Gasteiger partial charge in [0, 0.05) is 33.5 Å². The van der Waals surface area contributed by atoms with E-state index in [1.165, 1.54) is 55.2 Å². The van der Waals surface area contributed by atoms with Crippen molar-refractivity contribution in [3.05, 3.63) is 265 Å². The van der Waals surface area contributed by atoms with Crippen molar-refractivity contribution in [2.75, 3.05) is 4.90 Å². The highest BCUT2D eigenvalue weighted by atomic mass is 15.1. The molecule has 0 saturated heterocycles. The lowest BCUT2D eigenvalue weighted by molar-refractivity contribution is 0.745. The first-order valence-electron chi connectivity index (χ1n) is 19.6. The van der Waals surface area contributed by atoms with Crippen molar-refractivity contribution in [1.82, 2.24) is 4.57 Å². The molecule has 0 fully saturated rings. The molecule has 10 rings (SSSR count). The molecule has 0 unspecified atom stereocenters. The summed E-state index contributed by atoms with van der Waals surface area (Å²) < 4.78 is 2.38. The lowest BCUT2D eigenvalue weighted by Crippen LogP contribution is -2.30. The molecule has 0 aliphatic heterocycles. The van der Waals surface area contributed by atoms with Crippen molar-refractivity contribution in [2.24, 2.45) is 0 Å². The van der Waals surface area contributed by atoms with Gasteiger partial charge in [-0.2, -0.15) is 0 Å². The van der Waals surface area contributed by atoms with Crippen molar-refractivity contribution >= 4 is 38.9 Å². The number of rotatable bonds is 9. The molecular weight excluding hydrogens is 689 g/mol. The van der Waals surface area contributed by atoms with E-state index in [9.17, 15) is 0 Å². The first kappa shape index (κ1) is 34.1. The summed E-state index contributed by atoms with van der Waals surface area (Å²) >= 11 is 0. The van der Waals surface area contributed by atoms with Gasteiger partial charge in [-0.15, -0.1) is 0 Å². The minimum Gasteiger partial charge on any atom is -0.310 e. The zero-order valence-electron chi connectivity index (χ0n) is 31.5. The van der Waals surface area contributed by atoms with Gasteiger partial charge in [0.15, 0.2) is 0 Å². The van der Waals surface area contributed by atoms with Crippen molar-refractivity contribution in [2.45, 2.75) is 5.41 Å². The van der Waals surface area contributed by atoms with Crippen LogP contribution in [0.5, 0.6) is 0 Å². The second kappa shape index (κ2) is 14.7. The maximum atomic E-state index is 2.38. The van der Waals surface area contributed by atoms with E-state index in [1.54, 1.807) is 0 Å². The van der Waals surface area contributed by atoms with Crippen LogP contribution in [-0.4, -0.2) is 4.57 Å². The maximum Gasteiger partial charge on any atom is 0.0701 e. The molecule has 1 heterocycles. The van der Waals surface area contributed by atoms with Gasteiger partial charge < -0.3 is 9.47 Å². The van der Waals surface area contributed by atoms with Crippen molar-refractivity contribution in [1.29, 1.82) is 0 Å². The van der Waals surface area contributed by atoms with E-state index in [2.05, 4.69) is 252 Å². The Morgan fingerprint density at radius 3 is 1.26 bits per heavy atom. The largest absolute Gasteiger partial charge is 0.310 e. The molecule has 0 bridgehead atoms. The number of fused-ring (bicyclic) bond motifs is 3. The molecule has 270 valence electrons. The predicted octanol–water partition coefficient (Wildman–Crippen LogP) is 14.3. The Bertz CT molecular complexity index is 2800. The number of hydrogen-bond donors (Lipinski definition) is 0. The molecule has 9 aromatic carbocycles. The van der Waals surface area contributed by atoms with E-state index >= 15 is 0 Å². The standard InChI is InChI=1S/C55H40N2/c1-6-18-43(19-7-1)55(44-20-8-2-9-21-44,45-22-10-3-11-23-45)46-34-30-41(31-35-46)42-32-36-49(37-33-42)56(47-24-12-4-13-25-47)50-38-39-52-51-28-16-17-29-53(51)57(54(52)40-50)48-26-14-5-15-27-48/h1-40H. The fourth-order valence-corrected chi connectivity index (χ4v) is 8.76. The van der Waals surface area contributed by atoms with Crippen LogP contribution in [0, 0.1) is 0 Å². The lowest BCUT2D eigenvalue weighted by Gasteiger charge is -2.37. The SMILES string of the molecule is c1ccc(N(c2ccc(-c3ccc(C(c4ccccc4)(c4ccccc4)c4ccccc4)cc3)cc2)c2ccc3c4ccccc4n(-c4ccccc4)c3c2)cc1. The Morgan fingerprint density at radius 2 is 0.702 bits per heavy atom. The van der Waals surface area contributed by atoms with Gasteiger partial charge in [-0.05, 0) is 88.0 Å². The van der Waals surface area contributed by atoms with E-state index in [0.717, 1.165) is 22.7 Å². The van der Waals surface area contributed by atoms with Gasteiger partial charge >= 0.3 is 0 Å². The highest BCUT2D eigenvalue weighted by molar-refractivity contribution is 6.10. The smallest absolute Gasteiger partial charge is 0.0701 e. The lowest BCUT2D eigenvalue weighted by atomic mass is 9.65. The van der Waals surface area contributed by atoms with Gasteiger partial charge in [0.25, 0.3) is 0 Å². The highest BCUT2D eigenvalue weighted by Gasteiger charge is 2.38. The summed E-state index contributed by atoms with van der Waals surface area (Å²) in [5, 5.41) is 2.49. The maximum absolute atomic E-state index is 2.38. The Kier molecular flexibility index (Phi) is 8.78. The summed E-state index contributed by atoms with van der Waals surface area (Å²) in [4.78, 5) is 2.35. The van der Waals surface area contributed by atoms with Gasteiger partial charge in [-0.1, -0.05) is 188 Å². The monoisotopic (exact) mass is 728 g/mol. The minimum atomic E-state index is -0.477. The zero-order valence-corrected chi connectivity index (χ0v) is 31.5. The topological polar surface area (TPSA) is 8.17 Å². The van der Waals surface area contributed by atoms with Crippen LogP contribution in [0.25, 0.3) is 38.6 Å². The number of para-hydroxylation sites is 3. The van der Waals surface area contributed by atoms with E-state index in [1.807, 2.05) is 0 Å². The molecule has 57 heavy (non-hydrogen) atoms. The van der Waals surface area contributed by atoms with Crippen molar-refractivity contribution in [3.63, 3.8) is 0 Å². The van der Waals surface area contributed by atoms with Crippen LogP contribution in [0.2, 0.25) is 0 Å². The third-order valence-corrected chi connectivity index (χ3v) is 11.3. The second-order valence-electron chi connectivity index (χ2n) is 14.5. The first-order chi connectivity index (χ1) is 28.3. The predicted molar refractivity (Wildman–Crippen MR) is 239 cm³/mol. The average molecular weight is 729 g/mol. The molecule has 0 aliphatic rings. The summed E-state index contributed by atoms with van der Waals surface area (Å²) in [6.45, 7) is 0. The van der Waals surface area contributed by atoms with Crippen LogP contribution >= 0.6 is 0 Å². The molecule has 0 atom stereocenters. The van der Waals surface area contributed by atoms with Crippen LogP contribution in [-0.2, 0) is 5.41 Å². The van der Waals surface area contributed by atoms with Crippen LogP contribution < -0.4 is 4.90 Å². The van der Waals surface area contributed by atoms with Gasteiger partial charge in [0.1, 0.15) is 0 Å². The van der Waals surface area contributed by atoms with E-state index < -0.39 is 5.41 Å². The molecule has 0 spiro atoms. The summed E-state index contributed by atoms with van der Waals surface area (Å²) in [5.41, 5.74) is 13.6. The Morgan fingerprint density at radius 1 is 0.298 bits per heavy atom. The number of anilines is 3. The molecular formula is C55H40N2. The fraction of sp³-hybridized carbons (Fsp3) is 0.0182. The minimum absolute atomic E-state index is 0.477. The fourth-order valence-electron chi connectivity index (χ4n) is 8.76. The molecule has 0 N–H and O–H groups in total. The van der Waals surface area contributed by atoms with Gasteiger partial charge in [-0.3, -0.25) is 0 Å². The van der Waals surface area contributed by atoms with Crippen LogP contribution in [0.1, 0.15) is 22.3 Å². The Balaban J connectivity index is 1.06. The normalized spacial score (nSPS) is 11.5. The summed E-state index contributed by atoms with van der Waals surface area (Å²) in [6, 6.07) is 87.7. The van der Waals surface area contributed by atoms with E-state index in [0.29, 0.717) is 0 Å². The molecule has 2 nitrogen and oxygen atoms in total.